The Kier molecular flexibility index (Phi) is 6.61. The molecular weight excluding hydrogens is 376 g/mol. The quantitative estimate of drug-likeness (QED) is 0.545. The first-order valence-electron chi connectivity index (χ1n) is 9.13. The van der Waals surface area contributed by atoms with Gasteiger partial charge in [0.1, 0.15) is 0 Å². The number of amides is 1. The van der Waals surface area contributed by atoms with Gasteiger partial charge in [-0.2, -0.15) is 0 Å². The van der Waals surface area contributed by atoms with Gasteiger partial charge in [0, 0.05) is 29.7 Å². The molecule has 0 saturated carbocycles. The molecule has 0 spiro atoms. The van der Waals surface area contributed by atoms with Crippen LogP contribution in [0.1, 0.15) is 18.1 Å². The van der Waals surface area contributed by atoms with E-state index in [4.69, 9.17) is 21.1 Å². The van der Waals surface area contributed by atoms with Gasteiger partial charge in [0.15, 0.2) is 11.5 Å². The molecule has 0 aliphatic carbocycles. The summed E-state index contributed by atoms with van der Waals surface area (Å²) >= 11 is 6.23. The van der Waals surface area contributed by atoms with Crippen LogP contribution in [0.3, 0.4) is 0 Å². The molecule has 146 valence electrons. The van der Waals surface area contributed by atoms with Gasteiger partial charge in [0.25, 0.3) is 0 Å². The topological polar surface area (TPSA) is 63.3 Å². The molecule has 0 aliphatic heterocycles. The van der Waals surface area contributed by atoms with Crippen LogP contribution in [0.15, 0.2) is 48.7 Å². The minimum atomic E-state index is -0.162. The lowest BCUT2D eigenvalue weighted by Gasteiger charge is -2.11. The van der Waals surface area contributed by atoms with Crippen molar-refractivity contribution in [2.75, 3.05) is 20.3 Å². The Labute approximate surface area is 169 Å². The van der Waals surface area contributed by atoms with Gasteiger partial charge in [-0.05, 0) is 48.7 Å². The number of carbonyl (C=O) groups excluding carboxylic acids is 1. The molecule has 1 heterocycles. The molecule has 0 unspecified atom stereocenters. The molecule has 0 atom stereocenters. The molecule has 3 rings (SSSR count). The number of hydrogen-bond donors (Lipinski definition) is 2. The highest BCUT2D eigenvalue weighted by Gasteiger charge is 2.10. The summed E-state index contributed by atoms with van der Waals surface area (Å²) in [6, 6.07) is 11.7. The van der Waals surface area contributed by atoms with E-state index in [1.54, 1.807) is 25.3 Å². The summed E-state index contributed by atoms with van der Waals surface area (Å²) in [6.07, 6.45) is 5.94. The molecule has 2 aromatic carbocycles. The van der Waals surface area contributed by atoms with Crippen LogP contribution in [0.5, 0.6) is 11.5 Å². The van der Waals surface area contributed by atoms with Crippen LogP contribution in [0.4, 0.5) is 0 Å². The average molecular weight is 399 g/mol. The monoisotopic (exact) mass is 398 g/mol. The summed E-state index contributed by atoms with van der Waals surface area (Å²) in [5.41, 5.74) is 3.05. The number of nitrogens with one attached hydrogen (secondary N) is 2. The van der Waals surface area contributed by atoms with Crippen LogP contribution in [0, 0.1) is 0 Å². The summed E-state index contributed by atoms with van der Waals surface area (Å²) < 4.78 is 10.8. The van der Waals surface area contributed by atoms with Gasteiger partial charge in [0.2, 0.25) is 5.91 Å². The van der Waals surface area contributed by atoms with E-state index in [-0.39, 0.29) is 5.91 Å². The lowest BCUT2D eigenvalue weighted by molar-refractivity contribution is -0.116. The number of rotatable bonds is 8. The van der Waals surface area contributed by atoms with Gasteiger partial charge in [-0.3, -0.25) is 4.79 Å². The molecule has 1 aromatic heterocycles. The van der Waals surface area contributed by atoms with Crippen molar-refractivity contribution >= 4 is 34.5 Å². The van der Waals surface area contributed by atoms with Gasteiger partial charge in [0.05, 0.1) is 18.7 Å². The normalized spacial score (nSPS) is 11.1. The molecule has 0 radical (unpaired) electrons. The van der Waals surface area contributed by atoms with E-state index in [1.807, 2.05) is 31.3 Å². The number of halogens is 1. The highest BCUT2D eigenvalue weighted by Crippen LogP contribution is 2.36. The fourth-order valence-corrected chi connectivity index (χ4v) is 3.33. The standard InChI is InChI=1S/C22H23ClN2O3/c1-3-28-20-13-15(12-18(23)22(20)27-2)8-9-21(26)24-11-10-16-14-25-19-7-5-4-6-17(16)19/h4-9,12-14,25H,3,10-11H2,1-2H3,(H,24,26)/b9-8+. The molecule has 0 bridgehead atoms. The second kappa shape index (κ2) is 9.33. The third kappa shape index (κ3) is 4.67. The molecule has 1 amide bonds. The Morgan fingerprint density at radius 2 is 2.11 bits per heavy atom. The number of ether oxygens (including phenoxy) is 2. The lowest BCUT2D eigenvalue weighted by atomic mass is 10.1. The van der Waals surface area contributed by atoms with E-state index in [1.165, 1.54) is 17.0 Å². The van der Waals surface area contributed by atoms with Crippen LogP contribution in [0.2, 0.25) is 5.02 Å². The molecule has 0 aliphatic rings. The summed E-state index contributed by atoms with van der Waals surface area (Å²) in [4.78, 5) is 15.4. The number of aromatic amines is 1. The highest BCUT2D eigenvalue weighted by molar-refractivity contribution is 6.32. The van der Waals surface area contributed by atoms with Crippen LogP contribution in [-0.2, 0) is 11.2 Å². The zero-order valence-corrected chi connectivity index (χ0v) is 16.7. The average Bonchev–Trinajstić information content (AvgIpc) is 3.10. The van der Waals surface area contributed by atoms with Crippen LogP contribution in [-0.4, -0.2) is 31.2 Å². The van der Waals surface area contributed by atoms with Crippen LogP contribution >= 0.6 is 11.6 Å². The van der Waals surface area contributed by atoms with E-state index in [0.29, 0.717) is 29.7 Å². The zero-order valence-electron chi connectivity index (χ0n) is 15.9. The minimum Gasteiger partial charge on any atom is -0.491 e. The van der Waals surface area contributed by atoms with E-state index >= 15 is 0 Å². The molecule has 0 fully saturated rings. The Hall–Kier alpha value is -2.92. The van der Waals surface area contributed by atoms with Gasteiger partial charge in [-0.15, -0.1) is 0 Å². The predicted molar refractivity (Wildman–Crippen MR) is 113 cm³/mol. The van der Waals surface area contributed by atoms with E-state index in [9.17, 15) is 4.79 Å². The van der Waals surface area contributed by atoms with Gasteiger partial charge < -0.3 is 19.8 Å². The summed E-state index contributed by atoms with van der Waals surface area (Å²) in [5.74, 6) is 0.880. The number of fused-ring (bicyclic) bond motifs is 1. The Balaban J connectivity index is 1.59. The third-order valence-corrected chi connectivity index (χ3v) is 4.61. The molecular formula is C22H23ClN2O3. The second-order valence-electron chi connectivity index (χ2n) is 6.20. The third-order valence-electron chi connectivity index (χ3n) is 4.33. The summed E-state index contributed by atoms with van der Waals surface area (Å²) in [7, 11) is 1.54. The molecule has 0 saturated heterocycles. The van der Waals surface area contributed by atoms with Gasteiger partial charge in [-0.25, -0.2) is 0 Å². The Morgan fingerprint density at radius 1 is 1.29 bits per heavy atom. The second-order valence-corrected chi connectivity index (χ2v) is 6.61. The van der Waals surface area contributed by atoms with Crippen molar-refractivity contribution < 1.29 is 14.3 Å². The number of para-hydroxylation sites is 1. The van der Waals surface area contributed by atoms with Gasteiger partial charge >= 0.3 is 0 Å². The van der Waals surface area contributed by atoms with Crippen molar-refractivity contribution in [3.8, 4) is 11.5 Å². The van der Waals surface area contributed by atoms with Crippen molar-refractivity contribution in [3.05, 3.63) is 64.8 Å². The van der Waals surface area contributed by atoms with Crippen molar-refractivity contribution in [1.82, 2.24) is 10.3 Å². The first kappa shape index (κ1) is 19.8. The maximum atomic E-state index is 12.1. The Bertz CT molecular complexity index is 995. The van der Waals surface area contributed by atoms with Crippen molar-refractivity contribution in [2.45, 2.75) is 13.3 Å². The number of aromatic nitrogens is 1. The maximum Gasteiger partial charge on any atom is 0.244 e. The van der Waals surface area contributed by atoms with Crippen molar-refractivity contribution in [3.63, 3.8) is 0 Å². The fourth-order valence-electron chi connectivity index (χ4n) is 3.03. The van der Waals surface area contributed by atoms with Crippen molar-refractivity contribution in [1.29, 1.82) is 0 Å². The highest BCUT2D eigenvalue weighted by atomic mass is 35.5. The fraction of sp³-hybridized carbons (Fsp3) is 0.227. The van der Waals surface area contributed by atoms with Crippen LogP contribution < -0.4 is 14.8 Å². The number of methoxy groups -OCH3 is 1. The molecule has 2 N–H and O–H groups in total. The molecule has 3 aromatic rings. The number of hydrogen-bond acceptors (Lipinski definition) is 3. The minimum absolute atomic E-state index is 0.162. The lowest BCUT2D eigenvalue weighted by Crippen LogP contribution is -2.23. The number of carbonyl (C=O) groups is 1. The molecule has 28 heavy (non-hydrogen) atoms. The largest absolute Gasteiger partial charge is 0.491 e. The van der Waals surface area contributed by atoms with E-state index < -0.39 is 0 Å². The van der Waals surface area contributed by atoms with Gasteiger partial charge in [-0.1, -0.05) is 29.8 Å². The predicted octanol–water partition coefficient (Wildman–Crippen LogP) is 4.60. The Morgan fingerprint density at radius 3 is 2.89 bits per heavy atom. The SMILES string of the molecule is CCOc1cc(/C=C/C(=O)NCCc2c[nH]c3ccccc23)cc(Cl)c1OC. The smallest absolute Gasteiger partial charge is 0.244 e. The van der Waals surface area contributed by atoms with Crippen LogP contribution in [0.25, 0.3) is 17.0 Å². The molecule has 6 heteroatoms. The molecule has 5 nitrogen and oxygen atoms in total. The van der Waals surface area contributed by atoms with E-state index in [0.717, 1.165) is 17.5 Å². The summed E-state index contributed by atoms with van der Waals surface area (Å²) in [5, 5.41) is 4.53. The van der Waals surface area contributed by atoms with Crippen molar-refractivity contribution in [2.24, 2.45) is 0 Å². The first-order valence-corrected chi connectivity index (χ1v) is 9.51. The van der Waals surface area contributed by atoms with E-state index in [2.05, 4.69) is 16.4 Å². The number of benzene rings is 2. The maximum absolute atomic E-state index is 12.1. The first-order chi connectivity index (χ1) is 13.6. The zero-order chi connectivity index (χ0) is 19.9. The summed E-state index contributed by atoms with van der Waals surface area (Å²) in [6.45, 7) is 2.93. The number of H-pyrrole nitrogens is 1.